The van der Waals surface area contributed by atoms with Crippen LogP contribution < -0.4 is 20.1 Å². The molecular formula is C26H22ClN3O4. The van der Waals surface area contributed by atoms with Crippen molar-refractivity contribution in [2.45, 2.75) is 6.92 Å². The zero-order chi connectivity index (χ0) is 24.5. The van der Waals surface area contributed by atoms with Crippen molar-refractivity contribution in [1.29, 1.82) is 5.26 Å². The van der Waals surface area contributed by atoms with E-state index in [1.807, 2.05) is 37.3 Å². The molecule has 7 nitrogen and oxygen atoms in total. The van der Waals surface area contributed by atoms with E-state index in [2.05, 4.69) is 10.6 Å². The number of nitrogens with one attached hydrogen (secondary N) is 2. The van der Waals surface area contributed by atoms with Crippen molar-refractivity contribution in [3.05, 3.63) is 88.5 Å². The van der Waals surface area contributed by atoms with Crippen LogP contribution in [-0.2, 0) is 9.59 Å². The lowest BCUT2D eigenvalue weighted by atomic mass is 10.1. The zero-order valence-corrected chi connectivity index (χ0v) is 19.3. The number of anilines is 2. The minimum Gasteiger partial charge on any atom is -0.493 e. The second kappa shape index (κ2) is 11.5. The van der Waals surface area contributed by atoms with Gasteiger partial charge in [-0.05, 0) is 54.5 Å². The maximum atomic E-state index is 12.5. The Morgan fingerprint density at radius 3 is 2.44 bits per heavy atom. The highest BCUT2D eigenvalue weighted by Gasteiger charge is 2.16. The summed E-state index contributed by atoms with van der Waals surface area (Å²) in [5.41, 5.74) is 2.52. The number of ether oxygens (including phenoxy) is 2. The summed E-state index contributed by atoms with van der Waals surface area (Å²) < 4.78 is 11.0. The van der Waals surface area contributed by atoms with Crippen molar-refractivity contribution in [3.63, 3.8) is 0 Å². The summed E-state index contributed by atoms with van der Waals surface area (Å²) in [4.78, 5) is 24.8. The van der Waals surface area contributed by atoms with Crippen LogP contribution >= 0.6 is 11.6 Å². The quantitative estimate of drug-likeness (QED) is 0.343. The number of aryl methyl sites for hydroxylation is 1. The van der Waals surface area contributed by atoms with Crippen LogP contribution in [0.15, 0.2) is 72.3 Å². The Labute approximate surface area is 202 Å². The van der Waals surface area contributed by atoms with Crippen LogP contribution in [0.3, 0.4) is 0 Å². The molecule has 0 aromatic heterocycles. The second-order valence-electron chi connectivity index (χ2n) is 7.18. The lowest BCUT2D eigenvalue weighted by Crippen LogP contribution is -2.21. The number of nitriles is 1. The van der Waals surface area contributed by atoms with E-state index in [0.717, 1.165) is 5.56 Å². The van der Waals surface area contributed by atoms with E-state index in [-0.39, 0.29) is 34.6 Å². The summed E-state index contributed by atoms with van der Waals surface area (Å²) >= 11 is 6.37. The van der Waals surface area contributed by atoms with Crippen molar-refractivity contribution < 1.29 is 19.1 Å². The summed E-state index contributed by atoms with van der Waals surface area (Å²) in [6.45, 7) is 1.60. The van der Waals surface area contributed by atoms with Gasteiger partial charge in [-0.1, -0.05) is 48.0 Å². The Hall–Kier alpha value is -4.28. The molecule has 2 N–H and O–H groups in total. The molecule has 172 valence electrons. The number of benzene rings is 3. The summed E-state index contributed by atoms with van der Waals surface area (Å²) in [5, 5.41) is 15.1. The summed E-state index contributed by atoms with van der Waals surface area (Å²) in [6.07, 6.45) is 1.39. The van der Waals surface area contributed by atoms with Crippen LogP contribution in [0.25, 0.3) is 6.08 Å². The highest BCUT2D eigenvalue weighted by atomic mass is 35.5. The number of carbonyl (C=O) groups excluding carboxylic acids is 2. The lowest BCUT2D eigenvalue weighted by molar-refractivity contribution is -0.118. The molecular weight excluding hydrogens is 454 g/mol. The van der Waals surface area contributed by atoms with E-state index in [1.165, 1.54) is 19.3 Å². The van der Waals surface area contributed by atoms with Crippen LogP contribution in [0.5, 0.6) is 11.5 Å². The Morgan fingerprint density at radius 2 is 1.76 bits per heavy atom. The fourth-order valence-electron chi connectivity index (χ4n) is 3.04. The molecule has 8 heteroatoms. The molecule has 34 heavy (non-hydrogen) atoms. The number of amides is 2. The first-order valence-electron chi connectivity index (χ1n) is 10.2. The van der Waals surface area contributed by atoms with Gasteiger partial charge in [0, 0.05) is 11.4 Å². The topological polar surface area (TPSA) is 100 Å². The van der Waals surface area contributed by atoms with Crippen molar-refractivity contribution in [2.24, 2.45) is 0 Å². The van der Waals surface area contributed by atoms with Gasteiger partial charge in [0.15, 0.2) is 18.1 Å². The maximum Gasteiger partial charge on any atom is 0.266 e. The van der Waals surface area contributed by atoms with Crippen LogP contribution in [0.4, 0.5) is 11.4 Å². The molecule has 0 aliphatic carbocycles. The van der Waals surface area contributed by atoms with E-state index in [9.17, 15) is 14.9 Å². The van der Waals surface area contributed by atoms with Crippen molar-refractivity contribution in [3.8, 4) is 17.6 Å². The third kappa shape index (κ3) is 6.37. The second-order valence-corrected chi connectivity index (χ2v) is 7.58. The summed E-state index contributed by atoms with van der Waals surface area (Å²) in [7, 11) is 1.42. The lowest BCUT2D eigenvalue weighted by Gasteiger charge is -2.14. The van der Waals surface area contributed by atoms with Crippen LogP contribution in [0.1, 0.15) is 11.1 Å². The number of methoxy groups -OCH3 is 1. The van der Waals surface area contributed by atoms with Gasteiger partial charge >= 0.3 is 0 Å². The number of halogens is 1. The summed E-state index contributed by atoms with van der Waals surface area (Å²) in [5.74, 6) is -0.491. The first kappa shape index (κ1) is 24.4. The first-order valence-corrected chi connectivity index (χ1v) is 10.6. The molecule has 0 spiro atoms. The van der Waals surface area contributed by atoms with E-state index >= 15 is 0 Å². The third-order valence-corrected chi connectivity index (χ3v) is 5.01. The predicted octanol–water partition coefficient (Wildman–Crippen LogP) is 5.22. The van der Waals surface area contributed by atoms with Gasteiger partial charge in [-0.3, -0.25) is 9.59 Å². The third-order valence-electron chi connectivity index (χ3n) is 4.73. The zero-order valence-electron chi connectivity index (χ0n) is 18.6. The standard InChI is InChI=1S/C26H22ClN3O4/c1-17-8-6-7-11-22(17)30-24(31)16-34-25-21(27)13-18(14-23(25)33-2)12-19(15-28)26(32)29-20-9-4-3-5-10-20/h3-14H,16H2,1-2H3,(H,29,32)(H,30,31)/b19-12+. The highest BCUT2D eigenvalue weighted by molar-refractivity contribution is 6.32. The molecule has 0 heterocycles. The van der Waals surface area contributed by atoms with Crippen LogP contribution in [0.2, 0.25) is 5.02 Å². The Kier molecular flexibility index (Phi) is 8.27. The number of carbonyl (C=O) groups is 2. The molecule has 0 bridgehead atoms. The number of nitrogens with zero attached hydrogens (tertiary/aromatic N) is 1. The van der Waals surface area contributed by atoms with Gasteiger partial charge in [-0.2, -0.15) is 5.26 Å². The first-order chi connectivity index (χ1) is 16.4. The van der Waals surface area contributed by atoms with Gasteiger partial charge in [-0.15, -0.1) is 0 Å². The fourth-order valence-corrected chi connectivity index (χ4v) is 3.31. The number of hydrogen-bond acceptors (Lipinski definition) is 5. The Bertz CT molecular complexity index is 1270. The molecule has 3 rings (SSSR count). The van der Waals surface area contributed by atoms with Gasteiger partial charge < -0.3 is 20.1 Å². The van der Waals surface area contributed by atoms with Crippen LogP contribution in [-0.4, -0.2) is 25.5 Å². The molecule has 0 unspecified atom stereocenters. The molecule has 0 aliphatic rings. The minimum absolute atomic E-state index is 0.117. The average Bonchev–Trinajstić information content (AvgIpc) is 2.83. The molecule has 0 aliphatic heterocycles. The van der Waals surface area contributed by atoms with Gasteiger partial charge in [0.25, 0.3) is 11.8 Å². The van der Waals surface area contributed by atoms with Crippen molar-refractivity contribution in [2.75, 3.05) is 24.4 Å². The molecule has 3 aromatic rings. The van der Waals surface area contributed by atoms with Gasteiger partial charge in [0.2, 0.25) is 0 Å². The van der Waals surface area contributed by atoms with Crippen molar-refractivity contribution in [1.82, 2.24) is 0 Å². The molecule has 0 atom stereocenters. The van der Waals surface area contributed by atoms with E-state index in [4.69, 9.17) is 21.1 Å². The Balaban J connectivity index is 1.74. The number of hydrogen-bond donors (Lipinski definition) is 2. The maximum absolute atomic E-state index is 12.5. The van der Waals surface area contributed by atoms with Crippen molar-refractivity contribution >= 4 is 40.9 Å². The molecule has 0 radical (unpaired) electrons. The molecule has 0 saturated carbocycles. The molecule has 2 amide bonds. The van der Waals surface area contributed by atoms with E-state index in [1.54, 1.807) is 36.4 Å². The largest absolute Gasteiger partial charge is 0.493 e. The van der Waals surface area contributed by atoms with Gasteiger partial charge in [0.05, 0.1) is 12.1 Å². The molecule has 0 fully saturated rings. The SMILES string of the molecule is COc1cc(/C=C(\C#N)C(=O)Nc2ccccc2)cc(Cl)c1OCC(=O)Nc1ccccc1C. The minimum atomic E-state index is -0.558. The summed E-state index contributed by atoms with van der Waals surface area (Å²) in [6, 6.07) is 21.2. The van der Waals surface area contributed by atoms with E-state index in [0.29, 0.717) is 16.9 Å². The van der Waals surface area contributed by atoms with E-state index < -0.39 is 5.91 Å². The van der Waals surface area contributed by atoms with Gasteiger partial charge in [0.1, 0.15) is 11.6 Å². The monoisotopic (exact) mass is 475 g/mol. The number of para-hydroxylation sites is 2. The fraction of sp³-hybridized carbons (Fsp3) is 0.115. The Morgan fingerprint density at radius 1 is 1.06 bits per heavy atom. The highest BCUT2D eigenvalue weighted by Crippen LogP contribution is 2.37. The smallest absolute Gasteiger partial charge is 0.266 e. The normalized spacial score (nSPS) is 10.7. The predicted molar refractivity (Wildman–Crippen MR) is 132 cm³/mol. The van der Waals surface area contributed by atoms with Gasteiger partial charge in [-0.25, -0.2) is 0 Å². The molecule has 0 saturated heterocycles. The average molecular weight is 476 g/mol. The van der Waals surface area contributed by atoms with Crippen LogP contribution in [0, 0.1) is 18.3 Å². The molecule has 3 aromatic carbocycles. The number of rotatable bonds is 8.